The molecule has 0 spiro atoms. The number of H-pyrrole nitrogens is 1. The molecule has 20 heavy (non-hydrogen) atoms. The van der Waals surface area contributed by atoms with Gasteiger partial charge in [0.25, 0.3) is 5.56 Å². The van der Waals surface area contributed by atoms with Crippen LogP contribution in [-0.2, 0) is 6.54 Å². The van der Waals surface area contributed by atoms with Crippen molar-refractivity contribution >= 4 is 22.7 Å². The van der Waals surface area contributed by atoms with E-state index in [-0.39, 0.29) is 11.0 Å². The number of thioether (sulfide) groups is 1. The lowest BCUT2D eigenvalue weighted by molar-refractivity contribution is 0.725. The molecule has 0 saturated heterocycles. The van der Waals surface area contributed by atoms with Gasteiger partial charge < -0.3 is 5.73 Å². The van der Waals surface area contributed by atoms with E-state index in [0.717, 1.165) is 5.56 Å². The second-order valence-electron chi connectivity index (χ2n) is 4.02. The molecule has 0 fully saturated rings. The number of benzene rings is 1. The van der Waals surface area contributed by atoms with E-state index < -0.39 is 11.2 Å². The maximum absolute atomic E-state index is 11.9. The molecule has 2 rings (SSSR count). The van der Waals surface area contributed by atoms with Crippen molar-refractivity contribution in [2.45, 2.75) is 6.54 Å². The summed E-state index contributed by atoms with van der Waals surface area (Å²) in [5.41, 5.74) is 5.58. The molecule has 0 bridgehead atoms. The van der Waals surface area contributed by atoms with Crippen molar-refractivity contribution in [1.29, 1.82) is 0 Å². The lowest BCUT2D eigenvalue weighted by Gasteiger charge is -2.09. The van der Waals surface area contributed by atoms with Gasteiger partial charge in [-0.1, -0.05) is 42.1 Å². The van der Waals surface area contributed by atoms with E-state index in [1.54, 1.807) is 6.26 Å². The first-order valence-corrected chi connectivity index (χ1v) is 7.09. The average Bonchev–Trinajstić information content (AvgIpc) is 2.43. The van der Waals surface area contributed by atoms with Crippen molar-refractivity contribution in [2.24, 2.45) is 10.7 Å². The van der Waals surface area contributed by atoms with Gasteiger partial charge in [-0.2, -0.15) is 0 Å². The summed E-state index contributed by atoms with van der Waals surface area (Å²) in [5.74, 6) is 0.245. The van der Waals surface area contributed by atoms with Crippen molar-refractivity contribution < 1.29 is 0 Å². The van der Waals surface area contributed by atoms with Crippen LogP contribution in [0.4, 0.5) is 5.82 Å². The summed E-state index contributed by atoms with van der Waals surface area (Å²) in [6, 6.07) is 10.7. The first-order chi connectivity index (χ1) is 9.60. The Kier molecular flexibility index (Phi) is 4.41. The van der Waals surface area contributed by atoms with Crippen LogP contribution in [0.1, 0.15) is 5.56 Å². The van der Waals surface area contributed by atoms with E-state index >= 15 is 0 Å². The first-order valence-electron chi connectivity index (χ1n) is 5.86. The minimum absolute atomic E-state index is 0.245. The summed E-state index contributed by atoms with van der Waals surface area (Å²) in [7, 11) is 0. The molecule has 7 heteroatoms. The predicted octanol–water partition coefficient (Wildman–Crippen LogP) is 0.894. The highest BCUT2D eigenvalue weighted by Gasteiger charge is 2.06. The van der Waals surface area contributed by atoms with Gasteiger partial charge in [-0.3, -0.25) is 14.3 Å². The number of nitrogens with one attached hydrogen (secondary N) is 1. The Morgan fingerprint density at radius 3 is 2.70 bits per heavy atom. The molecular weight excluding hydrogens is 276 g/mol. The van der Waals surface area contributed by atoms with Crippen LogP contribution >= 0.6 is 11.8 Å². The molecule has 0 unspecified atom stereocenters. The van der Waals surface area contributed by atoms with E-state index in [9.17, 15) is 9.59 Å². The molecule has 0 aliphatic carbocycles. The molecular formula is C13H14N4O2S. The van der Waals surface area contributed by atoms with Crippen LogP contribution in [0, 0.1) is 0 Å². The SMILES string of the molecule is CSC(N)=Nc1cc(=O)[nH]c(=O)n1Cc1ccccc1. The van der Waals surface area contributed by atoms with Gasteiger partial charge in [0.05, 0.1) is 6.54 Å². The molecule has 1 aromatic heterocycles. The molecule has 0 amide bonds. The highest BCUT2D eigenvalue weighted by molar-refractivity contribution is 8.13. The maximum Gasteiger partial charge on any atom is 0.330 e. The van der Waals surface area contributed by atoms with Crippen LogP contribution in [-0.4, -0.2) is 21.0 Å². The van der Waals surface area contributed by atoms with E-state index in [2.05, 4.69) is 9.98 Å². The van der Waals surface area contributed by atoms with E-state index in [1.807, 2.05) is 30.3 Å². The number of aliphatic imine (C=N–C) groups is 1. The highest BCUT2D eigenvalue weighted by atomic mass is 32.2. The molecule has 1 aromatic carbocycles. The second kappa shape index (κ2) is 6.25. The Morgan fingerprint density at radius 2 is 2.05 bits per heavy atom. The van der Waals surface area contributed by atoms with Gasteiger partial charge in [-0.15, -0.1) is 0 Å². The smallest absolute Gasteiger partial charge is 0.330 e. The number of aromatic nitrogens is 2. The standard InChI is InChI=1S/C13H14N4O2S/c1-20-12(14)15-10-7-11(18)16-13(19)17(10)8-9-5-3-2-4-6-9/h2-7H,8H2,1H3,(H2,14,15)(H,16,18,19). The lowest BCUT2D eigenvalue weighted by atomic mass is 10.2. The number of rotatable bonds is 3. The largest absolute Gasteiger partial charge is 0.378 e. The Balaban J connectivity index is 2.51. The number of nitrogens with zero attached hydrogens (tertiary/aromatic N) is 2. The fourth-order valence-corrected chi connectivity index (χ4v) is 1.86. The van der Waals surface area contributed by atoms with Crippen LogP contribution in [0.15, 0.2) is 51.0 Å². The number of amidine groups is 1. The summed E-state index contributed by atoms with van der Waals surface area (Å²) in [6.45, 7) is 0.316. The topological polar surface area (TPSA) is 93.2 Å². The Morgan fingerprint density at radius 1 is 1.35 bits per heavy atom. The molecule has 0 saturated carbocycles. The fourth-order valence-electron chi connectivity index (χ4n) is 1.68. The third kappa shape index (κ3) is 3.39. The number of hydrogen-bond donors (Lipinski definition) is 2. The monoisotopic (exact) mass is 290 g/mol. The van der Waals surface area contributed by atoms with E-state index in [1.165, 1.54) is 22.4 Å². The summed E-state index contributed by atoms with van der Waals surface area (Å²) in [5, 5.41) is 0.289. The zero-order valence-corrected chi connectivity index (χ0v) is 11.7. The van der Waals surface area contributed by atoms with Gasteiger partial charge in [0.2, 0.25) is 0 Å². The number of aromatic amines is 1. The molecule has 104 valence electrons. The normalized spacial score (nSPS) is 11.6. The van der Waals surface area contributed by atoms with Crippen molar-refractivity contribution in [2.75, 3.05) is 6.26 Å². The molecule has 0 radical (unpaired) electrons. The fraction of sp³-hybridized carbons (Fsp3) is 0.154. The van der Waals surface area contributed by atoms with Crippen molar-refractivity contribution in [1.82, 2.24) is 9.55 Å². The van der Waals surface area contributed by atoms with Crippen LogP contribution in [0.2, 0.25) is 0 Å². The van der Waals surface area contributed by atoms with Crippen molar-refractivity contribution in [3.05, 3.63) is 62.8 Å². The number of hydrogen-bond acceptors (Lipinski definition) is 4. The molecule has 2 aromatic rings. The van der Waals surface area contributed by atoms with Crippen LogP contribution in [0.3, 0.4) is 0 Å². The second-order valence-corrected chi connectivity index (χ2v) is 4.85. The minimum Gasteiger partial charge on any atom is -0.378 e. The van der Waals surface area contributed by atoms with Gasteiger partial charge >= 0.3 is 5.69 Å². The van der Waals surface area contributed by atoms with Gasteiger partial charge in [0.1, 0.15) is 5.82 Å². The number of nitrogens with two attached hydrogens (primary N) is 1. The van der Waals surface area contributed by atoms with Crippen LogP contribution in [0.25, 0.3) is 0 Å². The van der Waals surface area contributed by atoms with E-state index in [4.69, 9.17) is 5.73 Å². The van der Waals surface area contributed by atoms with Gasteiger partial charge in [-0.25, -0.2) is 9.79 Å². The van der Waals surface area contributed by atoms with Crippen LogP contribution < -0.4 is 17.0 Å². The van der Waals surface area contributed by atoms with Crippen LogP contribution in [0.5, 0.6) is 0 Å². The van der Waals surface area contributed by atoms with Crippen molar-refractivity contribution in [3.8, 4) is 0 Å². The van der Waals surface area contributed by atoms with Gasteiger partial charge in [0, 0.05) is 6.07 Å². The third-order valence-corrected chi connectivity index (χ3v) is 3.14. The first kappa shape index (κ1) is 14.1. The zero-order chi connectivity index (χ0) is 14.5. The molecule has 6 nitrogen and oxygen atoms in total. The summed E-state index contributed by atoms with van der Waals surface area (Å²) < 4.78 is 1.37. The van der Waals surface area contributed by atoms with E-state index in [0.29, 0.717) is 6.54 Å². The van der Waals surface area contributed by atoms with Gasteiger partial charge in [0.15, 0.2) is 5.17 Å². The maximum atomic E-state index is 11.9. The molecule has 3 N–H and O–H groups in total. The molecule has 0 atom stereocenters. The molecule has 1 heterocycles. The molecule has 0 aliphatic rings. The lowest BCUT2D eigenvalue weighted by Crippen LogP contribution is -2.30. The summed E-state index contributed by atoms with van der Waals surface area (Å²) in [6.07, 6.45) is 1.77. The molecule has 0 aliphatic heterocycles. The van der Waals surface area contributed by atoms with Gasteiger partial charge in [-0.05, 0) is 11.8 Å². The predicted molar refractivity (Wildman–Crippen MR) is 81.7 cm³/mol. The Hall–Kier alpha value is -2.28. The third-order valence-electron chi connectivity index (χ3n) is 2.63. The average molecular weight is 290 g/mol. The van der Waals surface area contributed by atoms with Crippen molar-refractivity contribution in [3.63, 3.8) is 0 Å². The zero-order valence-electron chi connectivity index (χ0n) is 10.9. The Labute approximate surface area is 119 Å². The summed E-state index contributed by atoms with van der Waals surface area (Å²) in [4.78, 5) is 29.6. The quantitative estimate of drug-likeness (QED) is 0.648. The summed E-state index contributed by atoms with van der Waals surface area (Å²) >= 11 is 1.25. The highest BCUT2D eigenvalue weighted by Crippen LogP contribution is 2.11. The Bertz CT molecular complexity index is 734. The minimum atomic E-state index is -0.506.